The molecule has 0 spiro atoms. The Morgan fingerprint density at radius 1 is 1.16 bits per heavy atom. The number of carboxylic acids is 1. The van der Waals surface area contributed by atoms with Crippen LogP contribution in [0.15, 0.2) is 24.3 Å². The summed E-state index contributed by atoms with van der Waals surface area (Å²) in [6.45, 7) is 0.834. The standard InChI is InChI=1S/C15H17NO3/c17-14(11-2-1-3-12(8-11)15(18)19)16(13-6-7-13)9-10-4-5-10/h1-3,8,10,13H,4-7,9H2,(H,18,19). The maximum absolute atomic E-state index is 12.5. The van der Waals surface area contributed by atoms with Crippen LogP contribution in [0.4, 0.5) is 0 Å². The van der Waals surface area contributed by atoms with Crippen LogP contribution in [0.5, 0.6) is 0 Å². The van der Waals surface area contributed by atoms with Crippen molar-refractivity contribution in [3.63, 3.8) is 0 Å². The average Bonchev–Trinajstić information content (AvgIpc) is 3.27. The molecule has 2 fully saturated rings. The summed E-state index contributed by atoms with van der Waals surface area (Å²) in [5, 5.41) is 8.98. The average molecular weight is 259 g/mol. The summed E-state index contributed by atoms with van der Waals surface area (Å²) in [5.41, 5.74) is 0.667. The number of hydrogen-bond acceptors (Lipinski definition) is 2. The third kappa shape index (κ3) is 2.78. The fourth-order valence-corrected chi connectivity index (χ4v) is 2.31. The van der Waals surface area contributed by atoms with E-state index in [-0.39, 0.29) is 11.5 Å². The Kier molecular flexibility index (Phi) is 3.01. The van der Waals surface area contributed by atoms with Crippen LogP contribution in [0.3, 0.4) is 0 Å². The van der Waals surface area contributed by atoms with Gasteiger partial charge in [0.2, 0.25) is 0 Å². The first kappa shape index (κ1) is 12.2. The summed E-state index contributed by atoms with van der Waals surface area (Å²) in [7, 11) is 0. The highest BCUT2D eigenvalue weighted by molar-refractivity contribution is 5.97. The second-order valence-corrected chi connectivity index (χ2v) is 5.52. The van der Waals surface area contributed by atoms with Crippen molar-refractivity contribution in [2.45, 2.75) is 31.7 Å². The highest BCUT2D eigenvalue weighted by Crippen LogP contribution is 2.35. The number of carbonyl (C=O) groups is 2. The van der Waals surface area contributed by atoms with E-state index in [2.05, 4.69) is 0 Å². The Hall–Kier alpha value is -1.84. The molecule has 0 aromatic heterocycles. The zero-order valence-corrected chi connectivity index (χ0v) is 10.7. The first-order valence-electron chi connectivity index (χ1n) is 6.79. The van der Waals surface area contributed by atoms with Gasteiger partial charge >= 0.3 is 5.97 Å². The number of nitrogens with zero attached hydrogens (tertiary/aromatic N) is 1. The van der Waals surface area contributed by atoms with Crippen LogP contribution in [-0.4, -0.2) is 34.5 Å². The van der Waals surface area contributed by atoms with Crippen molar-refractivity contribution in [2.75, 3.05) is 6.54 Å². The summed E-state index contributed by atoms with van der Waals surface area (Å²) >= 11 is 0. The number of carboxylic acid groups (broad SMARTS) is 1. The number of hydrogen-bond donors (Lipinski definition) is 1. The molecule has 1 aromatic rings. The molecule has 0 bridgehead atoms. The van der Waals surface area contributed by atoms with Gasteiger partial charge in [-0.25, -0.2) is 4.79 Å². The molecular formula is C15H17NO3. The number of aromatic carboxylic acids is 1. The van der Waals surface area contributed by atoms with E-state index in [0.717, 1.165) is 19.4 Å². The van der Waals surface area contributed by atoms with Crippen molar-refractivity contribution < 1.29 is 14.7 Å². The van der Waals surface area contributed by atoms with Crippen LogP contribution in [-0.2, 0) is 0 Å². The van der Waals surface area contributed by atoms with E-state index in [4.69, 9.17) is 5.11 Å². The Morgan fingerprint density at radius 3 is 2.42 bits per heavy atom. The van der Waals surface area contributed by atoms with E-state index in [1.807, 2.05) is 4.90 Å². The van der Waals surface area contributed by atoms with Gasteiger partial charge in [0, 0.05) is 18.2 Å². The summed E-state index contributed by atoms with van der Waals surface area (Å²) in [4.78, 5) is 25.4. The minimum absolute atomic E-state index is 0.0162. The molecule has 0 unspecified atom stereocenters. The molecule has 0 saturated heterocycles. The van der Waals surface area contributed by atoms with Gasteiger partial charge in [0.15, 0.2) is 0 Å². The highest BCUT2D eigenvalue weighted by Gasteiger charge is 2.36. The molecule has 100 valence electrons. The maximum Gasteiger partial charge on any atom is 0.335 e. The topological polar surface area (TPSA) is 57.6 Å². The Morgan fingerprint density at radius 2 is 1.84 bits per heavy atom. The molecule has 1 N–H and O–H groups in total. The molecule has 2 saturated carbocycles. The molecule has 1 amide bonds. The molecule has 0 heterocycles. The smallest absolute Gasteiger partial charge is 0.335 e. The molecule has 0 atom stereocenters. The normalized spacial score (nSPS) is 18.1. The molecule has 4 heteroatoms. The summed E-state index contributed by atoms with van der Waals surface area (Å²) < 4.78 is 0. The zero-order chi connectivity index (χ0) is 13.4. The van der Waals surface area contributed by atoms with Crippen molar-refractivity contribution in [2.24, 2.45) is 5.92 Å². The third-order valence-electron chi connectivity index (χ3n) is 3.76. The van der Waals surface area contributed by atoms with E-state index in [1.165, 1.54) is 25.0 Å². The van der Waals surface area contributed by atoms with E-state index in [0.29, 0.717) is 17.5 Å². The number of rotatable bonds is 5. The second-order valence-electron chi connectivity index (χ2n) is 5.52. The van der Waals surface area contributed by atoms with Crippen molar-refractivity contribution in [1.29, 1.82) is 0 Å². The molecule has 2 aliphatic carbocycles. The van der Waals surface area contributed by atoms with E-state index >= 15 is 0 Å². The maximum atomic E-state index is 12.5. The van der Waals surface area contributed by atoms with Gasteiger partial charge in [0.05, 0.1) is 5.56 Å². The molecule has 0 aliphatic heterocycles. The zero-order valence-electron chi connectivity index (χ0n) is 10.7. The molecule has 0 radical (unpaired) electrons. The van der Waals surface area contributed by atoms with Crippen molar-refractivity contribution >= 4 is 11.9 Å². The molecule has 1 aromatic carbocycles. The van der Waals surface area contributed by atoms with Gasteiger partial charge in [-0.05, 0) is 49.8 Å². The Balaban J connectivity index is 1.80. The minimum atomic E-state index is -0.991. The van der Waals surface area contributed by atoms with Crippen molar-refractivity contribution in [3.8, 4) is 0 Å². The number of amides is 1. The van der Waals surface area contributed by atoms with Crippen LogP contribution in [0.2, 0.25) is 0 Å². The minimum Gasteiger partial charge on any atom is -0.478 e. The molecular weight excluding hydrogens is 242 g/mol. The lowest BCUT2D eigenvalue weighted by Gasteiger charge is -2.22. The summed E-state index contributed by atoms with van der Waals surface area (Å²) in [6, 6.07) is 6.71. The summed E-state index contributed by atoms with van der Waals surface area (Å²) in [5.74, 6) is -0.348. The number of carbonyl (C=O) groups excluding carboxylic acids is 1. The van der Waals surface area contributed by atoms with Gasteiger partial charge in [-0.1, -0.05) is 6.07 Å². The van der Waals surface area contributed by atoms with Gasteiger partial charge in [0.1, 0.15) is 0 Å². The Labute approximate surface area is 112 Å². The van der Waals surface area contributed by atoms with Gasteiger partial charge in [0.25, 0.3) is 5.91 Å². The van der Waals surface area contributed by atoms with E-state index < -0.39 is 5.97 Å². The predicted octanol–water partition coefficient (Wildman–Crippen LogP) is 2.40. The largest absolute Gasteiger partial charge is 0.478 e. The fraction of sp³-hybridized carbons (Fsp3) is 0.467. The van der Waals surface area contributed by atoms with Gasteiger partial charge in [-0.3, -0.25) is 4.79 Å². The lowest BCUT2D eigenvalue weighted by molar-refractivity contribution is 0.0697. The fourth-order valence-electron chi connectivity index (χ4n) is 2.31. The first-order valence-corrected chi connectivity index (χ1v) is 6.79. The van der Waals surface area contributed by atoms with Crippen LogP contribution in [0.25, 0.3) is 0 Å². The lowest BCUT2D eigenvalue weighted by Crippen LogP contribution is -2.35. The Bertz CT molecular complexity index is 518. The van der Waals surface area contributed by atoms with Crippen molar-refractivity contribution in [1.82, 2.24) is 4.90 Å². The number of benzene rings is 1. The monoisotopic (exact) mass is 259 g/mol. The second kappa shape index (κ2) is 4.68. The SMILES string of the molecule is O=C(O)c1cccc(C(=O)N(CC2CC2)C2CC2)c1. The predicted molar refractivity (Wildman–Crippen MR) is 70.2 cm³/mol. The molecule has 19 heavy (non-hydrogen) atoms. The quantitative estimate of drug-likeness (QED) is 0.883. The van der Waals surface area contributed by atoms with E-state index in [1.54, 1.807) is 12.1 Å². The van der Waals surface area contributed by atoms with Crippen LogP contribution >= 0.6 is 0 Å². The van der Waals surface area contributed by atoms with Crippen molar-refractivity contribution in [3.05, 3.63) is 35.4 Å². The molecule has 3 rings (SSSR count). The highest BCUT2D eigenvalue weighted by atomic mass is 16.4. The van der Waals surface area contributed by atoms with Crippen LogP contribution < -0.4 is 0 Å². The van der Waals surface area contributed by atoms with E-state index in [9.17, 15) is 9.59 Å². The van der Waals surface area contributed by atoms with Gasteiger partial charge in [-0.2, -0.15) is 0 Å². The van der Waals surface area contributed by atoms with Crippen LogP contribution in [0.1, 0.15) is 46.4 Å². The van der Waals surface area contributed by atoms with Gasteiger partial charge in [-0.15, -0.1) is 0 Å². The third-order valence-corrected chi connectivity index (χ3v) is 3.76. The van der Waals surface area contributed by atoms with Gasteiger partial charge < -0.3 is 10.0 Å². The molecule has 4 nitrogen and oxygen atoms in total. The first-order chi connectivity index (χ1) is 9.15. The molecule has 2 aliphatic rings. The summed E-state index contributed by atoms with van der Waals surface area (Å²) in [6.07, 6.45) is 4.59. The van der Waals surface area contributed by atoms with Crippen LogP contribution in [0, 0.1) is 5.92 Å². The lowest BCUT2D eigenvalue weighted by atomic mass is 10.1.